The van der Waals surface area contributed by atoms with Crippen LogP contribution in [-0.2, 0) is 4.79 Å². The fourth-order valence-electron chi connectivity index (χ4n) is 2.08. The van der Waals surface area contributed by atoms with Crippen LogP contribution >= 0.6 is 0 Å². The molecule has 1 rings (SSSR count). The molecule has 0 bridgehead atoms. The molecule has 1 aliphatic heterocycles. The lowest BCUT2D eigenvalue weighted by Crippen LogP contribution is -2.42. The Morgan fingerprint density at radius 3 is 2.64 bits per heavy atom. The minimum absolute atomic E-state index is 0.188. The summed E-state index contributed by atoms with van der Waals surface area (Å²) in [6.45, 7) is 6.43. The highest BCUT2D eigenvalue weighted by atomic mass is 16.1. The molecule has 4 N–H and O–H groups in total. The summed E-state index contributed by atoms with van der Waals surface area (Å²) in [6, 6.07) is 0.399. The van der Waals surface area contributed by atoms with Gasteiger partial charge in [-0.2, -0.15) is 0 Å². The highest BCUT2D eigenvalue weighted by Crippen LogP contribution is 2.30. The van der Waals surface area contributed by atoms with Gasteiger partial charge in [0, 0.05) is 19.1 Å². The minimum Gasteiger partial charge on any atom is -0.369 e. The van der Waals surface area contributed by atoms with Crippen molar-refractivity contribution in [1.29, 1.82) is 0 Å². The summed E-state index contributed by atoms with van der Waals surface area (Å²) in [5, 5.41) is 0. The van der Waals surface area contributed by atoms with Gasteiger partial charge >= 0.3 is 0 Å². The first kappa shape index (κ1) is 11.5. The van der Waals surface area contributed by atoms with Crippen LogP contribution < -0.4 is 11.5 Å². The lowest BCUT2D eigenvalue weighted by molar-refractivity contribution is -0.126. The lowest BCUT2D eigenvalue weighted by Gasteiger charge is -2.27. The van der Waals surface area contributed by atoms with E-state index in [1.807, 2.05) is 6.92 Å². The highest BCUT2D eigenvalue weighted by molar-refractivity contribution is 5.81. The number of hydrogen-bond donors (Lipinski definition) is 2. The van der Waals surface area contributed by atoms with Gasteiger partial charge in [-0.25, -0.2) is 0 Å². The minimum atomic E-state index is -0.345. The summed E-state index contributed by atoms with van der Waals surface area (Å²) >= 11 is 0. The zero-order valence-electron chi connectivity index (χ0n) is 9.12. The van der Waals surface area contributed by atoms with E-state index in [4.69, 9.17) is 11.5 Å². The van der Waals surface area contributed by atoms with E-state index in [0.29, 0.717) is 12.6 Å². The highest BCUT2D eigenvalue weighted by Gasteiger charge is 2.40. The molecule has 1 heterocycles. The second kappa shape index (κ2) is 4.28. The largest absolute Gasteiger partial charge is 0.369 e. The van der Waals surface area contributed by atoms with Gasteiger partial charge in [-0.05, 0) is 26.3 Å². The van der Waals surface area contributed by atoms with Crippen LogP contribution in [0, 0.1) is 5.41 Å². The molecule has 4 heteroatoms. The first-order chi connectivity index (χ1) is 6.53. The predicted molar refractivity (Wildman–Crippen MR) is 56.6 cm³/mol. The summed E-state index contributed by atoms with van der Waals surface area (Å²) in [7, 11) is 0. The number of rotatable bonds is 4. The summed E-state index contributed by atoms with van der Waals surface area (Å²) in [5.74, 6) is -0.188. The van der Waals surface area contributed by atoms with Crippen molar-refractivity contribution in [3.8, 4) is 0 Å². The maximum Gasteiger partial charge on any atom is 0.224 e. The number of primary amides is 1. The summed E-state index contributed by atoms with van der Waals surface area (Å²) < 4.78 is 0. The zero-order valence-corrected chi connectivity index (χ0v) is 9.12. The number of nitrogens with zero attached hydrogens (tertiary/aromatic N) is 1. The second-order valence-corrected chi connectivity index (χ2v) is 4.44. The van der Waals surface area contributed by atoms with Gasteiger partial charge in [0.1, 0.15) is 0 Å². The Morgan fingerprint density at radius 2 is 2.29 bits per heavy atom. The van der Waals surface area contributed by atoms with Crippen molar-refractivity contribution in [2.24, 2.45) is 16.9 Å². The summed E-state index contributed by atoms with van der Waals surface area (Å²) in [4.78, 5) is 13.5. The van der Waals surface area contributed by atoms with Crippen molar-refractivity contribution in [3.63, 3.8) is 0 Å². The normalized spacial score (nSPS) is 30.5. The molecule has 0 aliphatic carbocycles. The van der Waals surface area contributed by atoms with Gasteiger partial charge in [0.15, 0.2) is 0 Å². The Hall–Kier alpha value is -0.610. The van der Waals surface area contributed by atoms with Crippen LogP contribution in [0.1, 0.15) is 26.7 Å². The van der Waals surface area contributed by atoms with E-state index in [-0.39, 0.29) is 11.3 Å². The van der Waals surface area contributed by atoms with Crippen molar-refractivity contribution < 1.29 is 4.79 Å². The molecule has 0 aromatic carbocycles. The van der Waals surface area contributed by atoms with Crippen LogP contribution in [-0.4, -0.2) is 36.5 Å². The Bertz CT molecular complexity index is 215. The topological polar surface area (TPSA) is 72.3 Å². The average molecular weight is 199 g/mol. The van der Waals surface area contributed by atoms with E-state index in [1.54, 1.807) is 0 Å². The predicted octanol–water partition coefficient (Wildman–Crippen LogP) is -0.0790. The molecule has 1 aliphatic rings. The van der Waals surface area contributed by atoms with Crippen LogP contribution in [0.3, 0.4) is 0 Å². The van der Waals surface area contributed by atoms with Gasteiger partial charge in [0.05, 0.1) is 5.41 Å². The molecular weight excluding hydrogens is 178 g/mol. The lowest BCUT2D eigenvalue weighted by atomic mass is 9.89. The molecule has 0 saturated carbocycles. The van der Waals surface area contributed by atoms with Gasteiger partial charge in [-0.15, -0.1) is 0 Å². The van der Waals surface area contributed by atoms with E-state index < -0.39 is 0 Å². The average Bonchev–Trinajstić information content (AvgIpc) is 2.52. The van der Waals surface area contributed by atoms with Gasteiger partial charge in [0.2, 0.25) is 5.91 Å². The number of hydrogen-bond acceptors (Lipinski definition) is 3. The standard InChI is InChI=1S/C10H21N3O/c1-3-8(6-11)13-5-4-10(2,7-13)9(12)14/h8H,3-7,11H2,1-2H3,(H2,12,14). The molecule has 0 spiro atoms. The molecule has 0 radical (unpaired) electrons. The van der Waals surface area contributed by atoms with Crippen molar-refractivity contribution in [3.05, 3.63) is 0 Å². The number of amides is 1. The van der Waals surface area contributed by atoms with Crippen LogP contribution in [0.5, 0.6) is 0 Å². The Morgan fingerprint density at radius 1 is 1.64 bits per heavy atom. The van der Waals surface area contributed by atoms with Gasteiger partial charge < -0.3 is 11.5 Å². The van der Waals surface area contributed by atoms with Crippen molar-refractivity contribution >= 4 is 5.91 Å². The first-order valence-electron chi connectivity index (χ1n) is 5.27. The number of carbonyl (C=O) groups is 1. The number of carbonyl (C=O) groups excluding carboxylic acids is 1. The fourth-order valence-corrected chi connectivity index (χ4v) is 2.08. The molecule has 4 nitrogen and oxygen atoms in total. The monoisotopic (exact) mass is 199 g/mol. The molecule has 1 amide bonds. The Balaban J connectivity index is 2.60. The van der Waals surface area contributed by atoms with Crippen LogP contribution in [0.2, 0.25) is 0 Å². The van der Waals surface area contributed by atoms with Crippen molar-refractivity contribution in [2.45, 2.75) is 32.7 Å². The van der Waals surface area contributed by atoms with Gasteiger partial charge in [-0.1, -0.05) is 6.92 Å². The van der Waals surface area contributed by atoms with Crippen LogP contribution in [0.25, 0.3) is 0 Å². The van der Waals surface area contributed by atoms with E-state index in [2.05, 4.69) is 11.8 Å². The maximum absolute atomic E-state index is 11.2. The molecule has 0 aromatic rings. The van der Waals surface area contributed by atoms with Crippen LogP contribution in [0.4, 0.5) is 0 Å². The zero-order chi connectivity index (χ0) is 10.8. The van der Waals surface area contributed by atoms with Crippen molar-refractivity contribution in [1.82, 2.24) is 4.90 Å². The Labute approximate surface area is 85.6 Å². The number of nitrogens with two attached hydrogens (primary N) is 2. The third-order valence-corrected chi connectivity index (χ3v) is 3.36. The maximum atomic E-state index is 11.2. The molecule has 1 saturated heterocycles. The second-order valence-electron chi connectivity index (χ2n) is 4.44. The smallest absolute Gasteiger partial charge is 0.224 e. The molecular formula is C10H21N3O. The first-order valence-corrected chi connectivity index (χ1v) is 5.27. The molecule has 1 fully saturated rings. The van der Waals surface area contributed by atoms with E-state index in [1.165, 1.54) is 0 Å². The third-order valence-electron chi connectivity index (χ3n) is 3.36. The molecule has 82 valence electrons. The van der Waals surface area contributed by atoms with E-state index >= 15 is 0 Å². The van der Waals surface area contributed by atoms with E-state index in [9.17, 15) is 4.79 Å². The van der Waals surface area contributed by atoms with Crippen molar-refractivity contribution in [2.75, 3.05) is 19.6 Å². The molecule has 2 unspecified atom stereocenters. The fraction of sp³-hybridized carbons (Fsp3) is 0.900. The quantitative estimate of drug-likeness (QED) is 0.665. The van der Waals surface area contributed by atoms with Gasteiger partial charge in [0.25, 0.3) is 0 Å². The number of likely N-dealkylation sites (tertiary alicyclic amines) is 1. The summed E-state index contributed by atoms with van der Waals surface area (Å²) in [6.07, 6.45) is 1.89. The molecule has 0 aromatic heterocycles. The third kappa shape index (κ3) is 2.07. The summed E-state index contributed by atoms with van der Waals surface area (Å²) in [5.41, 5.74) is 10.7. The molecule has 2 atom stereocenters. The van der Waals surface area contributed by atoms with Gasteiger partial charge in [-0.3, -0.25) is 9.69 Å². The van der Waals surface area contributed by atoms with E-state index in [0.717, 1.165) is 25.9 Å². The molecule has 14 heavy (non-hydrogen) atoms. The Kier molecular flexibility index (Phi) is 3.50. The van der Waals surface area contributed by atoms with Crippen LogP contribution in [0.15, 0.2) is 0 Å². The SMILES string of the molecule is CCC(CN)N1CCC(C)(C(N)=O)C1.